The Hall–Kier alpha value is -1.33. The summed E-state index contributed by atoms with van der Waals surface area (Å²) in [5.41, 5.74) is 3.95. The van der Waals surface area contributed by atoms with Crippen molar-refractivity contribution in [2.24, 2.45) is 0 Å². The largest absolute Gasteiger partial charge is 0.385 e. The van der Waals surface area contributed by atoms with Crippen molar-refractivity contribution >= 4 is 11.8 Å². The number of nitrogens with zero attached hydrogens (tertiary/aromatic N) is 3. The maximum atomic E-state index is 5.07. The van der Waals surface area contributed by atoms with Crippen molar-refractivity contribution in [3.8, 4) is 0 Å². The lowest BCUT2D eigenvalue weighted by Gasteiger charge is -2.07. The molecule has 2 aromatic rings. The zero-order valence-electron chi connectivity index (χ0n) is 12.3. The molecule has 0 radical (unpaired) electrons. The van der Waals surface area contributed by atoms with E-state index in [2.05, 4.69) is 46.8 Å². The molecule has 108 valence electrons. The molecule has 0 N–H and O–H groups in total. The van der Waals surface area contributed by atoms with Gasteiger partial charge in [-0.25, -0.2) is 0 Å². The molecule has 1 heterocycles. The predicted molar refractivity (Wildman–Crippen MR) is 82.0 cm³/mol. The van der Waals surface area contributed by atoms with Crippen molar-refractivity contribution in [2.75, 3.05) is 13.7 Å². The Balaban J connectivity index is 1.95. The summed E-state index contributed by atoms with van der Waals surface area (Å²) < 4.78 is 7.16. The minimum atomic E-state index is 0.763. The van der Waals surface area contributed by atoms with Crippen LogP contribution in [-0.4, -0.2) is 28.5 Å². The second kappa shape index (κ2) is 7.45. The molecule has 0 aliphatic carbocycles. The van der Waals surface area contributed by atoms with Crippen molar-refractivity contribution in [1.29, 1.82) is 0 Å². The first-order valence-corrected chi connectivity index (χ1v) is 7.74. The van der Waals surface area contributed by atoms with Gasteiger partial charge < -0.3 is 9.30 Å². The Morgan fingerprint density at radius 3 is 2.65 bits per heavy atom. The second-order valence-corrected chi connectivity index (χ2v) is 5.88. The van der Waals surface area contributed by atoms with Crippen LogP contribution in [0, 0.1) is 13.8 Å². The fraction of sp³-hybridized carbons (Fsp3) is 0.467. The highest BCUT2D eigenvalue weighted by atomic mass is 32.2. The Kier molecular flexibility index (Phi) is 5.61. The van der Waals surface area contributed by atoms with Gasteiger partial charge in [-0.2, -0.15) is 0 Å². The SMILES string of the molecule is COCCCn1cnnc1SCc1cc(C)cc(C)c1. The zero-order chi connectivity index (χ0) is 14.4. The molecule has 0 saturated carbocycles. The maximum absolute atomic E-state index is 5.07. The molecular formula is C15H21N3OS. The van der Waals surface area contributed by atoms with Gasteiger partial charge in [0.2, 0.25) is 0 Å². The van der Waals surface area contributed by atoms with E-state index in [1.54, 1.807) is 25.2 Å². The summed E-state index contributed by atoms with van der Waals surface area (Å²) in [6.45, 7) is 5.93. The number of hydrogen-bond donors (Lipinski definition) is 0. The third kappa shape index (κ3) is 4.35. The normalized spacial score (nSPS) is 10.9. The van der Waals surface area contributed by atoms with Crippen LogP contribution in [0.4, 0.5) is 0 Å². The van der Waals surface area contributed by atoms with Crippen LogP contribution in [0.15, 0.2) is 29.7 Å². The van der Waals surface area contributed by atoms with Crippen LogP contribution in [0.25, 0.3) is 0 Å². The number of aromatic nitrogens is 3. The highest BCUT2D eigenvalue weighted by Gasteiger charge is 2.06. The molecule has 0 spiro atoms. The third-order valence-corrected chi connectivity index (χ3v) is 4.03. The van der Waals surface area contributed by atoms with Crippen LogP contribution in [0.3, 0.4) is 0 Å². The second-order valence-electron chi connectivity index (χ2n) is 4.94. The fourth-order valence-corrected chi connectivity index (χ4v) is 3.06. The average Bonchev–Trinajstić information content (AvgIpc) is 2.83. The van der Waals surface area contributed by atoms with Gasteiger partial charge >= 0.3 is 0 Å². The van der Waals surface area contributed by atoms with Crippen molar-refractivity contribution in [2.45, 2.75) is 37.7 Å². The van der Waals surface area contributed by atoms with E-state index in [1.807, 2.05) is 0 Å². The van der Waals surface area contributed by atoms with Crippen molar-refractivity contribution < 1.29 is 4.74 Å². The number of rotatable bonds is 7. The molecule has 0 aliphatic rings. The van der Waals surface area contributed by atoms with Crippen molar-refractivity contribution in [3.05, 3.63) is 41.2 Å². The predicted octanol–water partition coefficient (Wildman–Crippen LogP) is 3.22. The third-order valence-electron chi connectivity index (χ3n) is 2.98. The first-order chi connectivity index (χ1) is 9.69. The number of thioether (sulfide) groups is 1. The first kappa shape index (κ1) is 15.1. The Labute approximate surface area is 124 Å². The highest BCUT2D eigenvalue weighted by Crippen LogP contribution is 2.22. The molecule has 20 heavy (non-hydrogen) atoms. The molecule has 1 aromatic carbocycles. The molecule has 0 unspecified atom stereocenters. The molecule has 0 fully saturated rings. The van der Waals surface area contributed by atoms with Crippen LogP contribution < -0.4 is 0 Å². The monoisotopic (exact) mass is 291 g/mol. The number of aryl methyl sites for hydroxylation is 3. The zero-order valence-corrected chi connectivity index (χ0v) is 13.1. The Morgan fingerprint density at radius 1 is 1.20 bits per heavy atom. The smallest absolute Gasteiger partial charge is 0.191 e. The molecule has 1 aromatic heterocycles. The fourth-order valence-electron chi connectivity index (χ4n) is 2.19. The molecule has 4 nitrogen and oxygen atoms in total. The van der Waals surface area contributed by atoms with Gasteiger partial charge in [0, 0.05) is 26.0 Å². The van der Waals surface area contributed by atoms with E-state index in [0.29, 0.717) is 0 Å². The van der Waals surface area contributed by atoms with Crippen molar-refractivity contribution in [3.63, 3.8) is 0 Å². The van der Waals surface area contributed by atoms with Crippen molar-refractivity contribution in [1.82, 2.24) is 14.8 Å². The van der Waals surface area contributed by atoms with Gasteiger partial charge in [0.15, 0.2) is 5.16 Å². The number of hydrogen-bond acceptors (Lipinski definition) is 4. The van der Waals surface area contributed by atoms with E-state index < -0.39 is 0 Å². The summed E-state index contributed by atoms with van der Waals surface area (Å²) >= 11 is 1.73. The summed E-state index contributed by atoms with van der Waals surface area (Å²) in [4.78, 5) is 0. The van der Waals surface area contributed by atoms with Gasteiger partial charge in [-0.05, 0) is 25.8 Å². The summed E-state index contributed by atoms with van der Waals surface area (Å²) in [5, 5.41) is 9.16. The van der Waals surface area contributed by atoms with Crippen LogP contribution in [0.5, 0.6) is 0 Å². The first-order valence-electron chi connectivity index (χ1n) is 6.76. The summed E-state index contributed by atoms with van der Waals surface area (Å²) in [6.07, 6.45) is 2.77. The summed E-state index contributed by atoms with van der Waals surface area (Å²) in [7, 11) is 1.72. The molecule has 0 bridgehead atoms. The molecule has 0 atom stereocenters. The minimum absolute atomic E-state index is 0.763. The van der Waals surface area contributed by atoms with E-state index in [9.17, 15) is 0 Å². The van der Waals surface area contributed by atoms with Crippen LogP contribution in [0.2, 0.25) is 0 Å². The van der Waals surface area contributed by atoms with Gasteiger partial charge in [0.1, 0.15) is 6.33 Å². The van der Waals surface area contributed by atoms with E-state index in [0.717, 1.165) is 30.5 Å². The Bertz CT molecular complexity index is 534. The molecule has 0 saturated heterocycles. The lowest BCUT2D eigenvalue weighted by atomic mass is 10.1. The Morgan fingerprint density at radius 2 is 1.95 bits per heavy atom. The molecular weight excluding hydrogens is 270 g/mol. The van der Waals surface area contributed by atoms with Crippen LogP contribution in [-0.2, 0) is 17.0 Å². The summed E-state index contributed by atoms with van der Waals surface area (Å²) in [6, 6.07) is 6.65. The van der Waals surface area contributed by atoms with Gasteiger partial charge in [-0.1, -0.05) is 41.1 Å². The number of methoxy groups -OCH3 is 1. The van der Waals surface area contributed by atoms with Gasteiger partial charge in [-0.3, -0.25) is 0 Å². The molecule has 0 amide bonds. The topological polar surface area (TPSA) is 39.9 Å². The quantitative estimate of drug-likeness (QED) is 0.580. The lowest BCUT2D eigenvalue weighted by Crippen LogP contribution is -2.02. The van der Waals surface area contributed by atoms with E-state index in [4.69, 9.17) is 4.74 Å². The molecule has 0 aliphatic heterocycles. The number of ether oxygens (including phenoxy) is 1. The average molecular weight is 291 g/mol. The van der Waals surface area contributed by atoms with Crippen LogP contribution in [0.1, 0.15) is 23.1 Å². The summed E-state index contributed by atoms with van der Waals surface area (Å²) in [5.74, 6) is 0.922. The standard InChI is InChI=1S/C15H21N3OS/c1-12-7-13(2)9-14(8-12)10-20-15-17-16-11-18(15)5-4-6-19-3/h7-9,11H,4-6,10H2,1-3H3. The minimum Gasteiger partial charge on any atom is -0.385 e. The van der Waals surface area contributed by atoms with Gasteiger partial charge in [0.25, 0.3) is 0 Å². The number of benzene rings is 1. The van der Waals surface area contributed by atoms with Gasteiger partial charge in [0.05, 0.1) is 0 Å². The highest BCUT2D eigenvalue weighted by molar-refractivity contribution is 7.98. The van der Waals surface area contributed by atoms with Gasteiger partial charge in [-0.15, -0.1) is 10.2 Å². The molecule has 5 heteroatoms. The van der Waals surface area contributed by atoms with Crippen LogP contribution >= 0.6 is 11.8 Å². The van der Waals surface area contributed by atoms with E-state index in [1.165, 1.54) is 16.7 Å². The lowest BCUT2D eigenvalue weighted by molar-refractivity contribution is 0.189. The molecule has 2 rings (SSSR count). The van der Waals surface area contributed by atoms with E-state index >= 15 is 0 Å². The maximum Gasteiger partial charge on any atom is 0.191 e. The van der Waals surface area contributed by atoms with E-state index in [-0.39, 0.29) is 0 Å².